The van der Waals surface area contributed by atoms with Crippen molar-refractivity contribution in [1.82, 2.24) is 10.0 Å². The normalized spacial score (nSPS) is 22.1. The Balaban J connectivity index is 1.93. The molecule has 106 valence electrons. The molecule has 0 amide bonds. The average molecular weight is 282 g/mol. The molecule has 0 aliphatic carbocycles. The van der Waals surface area contributed by atoms with Gasteiger partial charge in [0.15, 0.2) is 0 Å². The molecule has 5 heteroatoms. The van der Waals surface area contributed by atoms with E-state index >= 15 is 0 Å². The first-order chi connectivity index (χ1) is 9.07. The number of sulfonamides is 1. The second-order valence-electron chi connectivity index (χ2n) is 5.21. The van der Waals surface area contributed by atoms with Gasteiger partial charge in [-0.25, -0.2) is 13.1 Å². The molecule has 1 aromatic carbocycles. The Kier molecular flexibility index (Phi) is 4.96. The van der Waals surface area contributed by atoms with E-state index in [2.05, 4.69) is 10.0 Å². The van der Waals surface area contributed by atoms with Crippen molar-refractivity contribution in [2.24, 2.45) is 0 Å². The molecule has 2 rings (SSSR count). The minimum absolute atomic E-state index is 0.0465. The van der Waals surface area contributed by atoms with Crippen LogP contribution in [0, 0.1) is 0 Å². The molecule has 1 aliphatic heterocycles. The lowest BCUT2D eigenvalue weighted by Crippen LogP contribution is -2.50. The summed E-state index contributed by atoms with van der Waals surface area (Å²) in [5, 5.41) is 3.38. The largest absolute Gasteiger partial charge is 0.312 e. The summed E-state index contributed by atoms with van der Waals surface area (Å²) >= 11 is 0. The highest BCUT2D eigenvalue weighted by Crippen LogP contribution is 2.12. The van der Waals surface area contributed by atoms with E-state index in [0.717, 1.165) is 18.5 Å². The van der Waals surface area contributed by atoms with Crippen LogP contribution in [0.25, 0.3) is 0 Å². The Hall–Kier alpha value is -0.910. The van der Waals surface area contributed by atoms with Gasteiger partial charge in [-0.1, -0.05) is 36.8 Å². The van der Waals surface area contributed by atoms with Crippen LogP contribution in [0.4, 0.5) is 0 Å². The molecule has 1 saturated heterocycles. The number of hydrogen-bond donors (Lipinski definition) is 2. The van der Waals surface area contributed by atoms with Gasteiger partial charge < -0.3 is 5.32 Å². The summed E-state index contributed by atoms with van der Waals surface area (Å²) in [7, 11) is -3.27. The first kappa shape index (κ1) is 14.5. The summed E-state index contributed by atoms with van der Waals surface area (Å²) in [6.45, 7) is 2.92. The van der Waals surface area contributed by atoms with Gasteiger partial charge >= 0.3 is 0 Å². The van der Waals surface area contributed by atoms with E-state index in [1.807, 2.05) is 37.3 Å². The van der Waals surface area contributed by atoms with E-state index in [1.54, 1.807) is 0 Å². The molecule has 0 bridgehead atoms. The molecule has 0 aromatic heterocycles. The van der Waals surface area contributed by atoms with E-state index in [-0.39, 0.29) is 17.8 Å². The topological polar surface area (TPSA) is 58.2 Å². The summed E-state index contributed by atoms with van der Waals surface area (Å²) < 4.78 is 27.0. The smallest absolute Gasteiger partial charge is 0.216 e. The molecule has 1 heterocycles. The molecular weight excluding hydrogens is 260 g/mol. The van der Waals surface area contributed by atoms with Crippen LogP contribution in [0.15, 0.2) is 30.3 Å². The van der Waals surface area contributed by atoms with Crippen LogP contribution in [0.3, 0.4) is 0 Å². The maximum Gasteiger partial charge on any atom is 0.216 e. The number of rotatable bonds is 5. The molecule has 0 spiro atoms. The van der Waals surface area contributed by atoms with Gasteiger partial charge in [-0.3, -0.25) is 0 Å². The van der Waals surface area contributed by atoms with Crippen LogP contribution in [0.2, 0.25) is 0 Å². The molecule has 4 nitrogen and oxygen atoms in total. The average Bonchev–Trinajstić information content (AvgIpc) is 2.39. The fourth-order valence-corrected chi connectivity index (χ4v) is 3.95. The minimum Gasteiger partial charge on any atom is -0.312 e. The minimum atomic E-state index is -3.27. The molecule has 2 unspecified atom stereocenters. The zero-order valence-electron chi connectivity index (χ0n) is 11.3. The number of hydrogen-bond acceptors (Lipinski definition) is 3. The van der Waals surface area contributed by atoms with Gasteiger partial charge in [0.05, 0.1) is 5.75 Å². The van der Waals surface area contributed by atoms with E-state index < -0.39 is 10.0 Å². The van der Waals surface area contributed by atoms with E-state index in [0.29, 0.717) is 0 Å². The fourth-order valence-electron chi connectivity index (χ4n) is 2.51. The Morgan fingerprint density at radius 1 is 1.32 bits per heavy atom. The molecule has 0 saturated carbocycles. The Morgan fingerprint density at radius 3 is 2.68 bits per heavy atom. The SMILES string of the molecule is CC(NS(=O)(=O)Cc1ccccc1)C1CCCCN1. The Labute approximate surface area is 115 Å². The zero-order valence-corrected chi connectivity index (χ0v) is 12.1. The third-order valence-electron chi connectivity index (χ3n) is 3.52. The van der Waals surface area contributed by atoms with Crippen LogP contribution in [0.1, 0.15) is 31.7 Å². The quantitative estimate of drug-likeness (QED) is 0.863. The van der Waals surface area contributed by atoms with Crippen molar-refractivity contribution in [3.8, 4) is 0 Å². The second kappa shape index (κ2) is 6.50. The van der Waals surface area contributed by atoms with Crippen molar-refractivity contribution in [3.05, 3.63) is 35.9 Å². The molecule has 0 radical (unpaired) electrons. The standard InChI is InChI=1S/C14H22N2O2S/c1-12(14-9-5-6-10-15-14)16-19(17,18)11-13-7-3-2-4-8-13/h2-4,7-8,12,14-16H,5-6,9-11H2,1H3. The van der Waals surface area contributed by atoms with Crippen LogP contribution < -0.4 is 10.0 Å². The van der Waals surface area contributed by atoms with Crippen molar-refractivity contribution in [1.29, 1.82) is 0 Å². The van der Waals surface area contributed by atoms with Gasteiger partial charge in [-0.15, -0.1) is 0 Å². The lowest BCUT2D eigenvalue weighted by molar-refractivity contribution is 0.347. The van der Waals surface area contributed by atoms with Gasteiger partial charge in [-0.05, 0) is 31.9 Å². The number of benzene rings is 1. The van der Waals surface area contributed by atoms with Crippen molar-refractivity contribution >= 4 is 10.0 Å². The Bertz CT molecular complexity index is 481. The zero-order chi connectivity index (χ0) is 13.7. The summed E-state index contributed by atoms with van der Waals surface area (Å²) in [4.78, 5) is 0. The maximum atomic E-state index is 12.1. The van der Waals surface area contributed by atoms with E-state index in [4.69, 9.17) is 0 Å². The fraction of sp³-hybridized carbons (Fsp3) is 0.571. The summed E-state index contributed by atoms with van der Waals surface area (Å²) in [5.41, 5.74) is 0.818. The maximum absolute atomic E-state index is 12.1. The van der Waals surface area contributed by atoms with E-state index in [9.17, 15) is 8.42 Å². The van der Waals surface area contributed by atoms with Crippen LogP contribution in [-0.2, 0) is 15.8 Å². The lowest BCUT2D eigenvalue weighted by atomic mass is 10.00. The molecule has 1 aromatic rings. The highest BCUT2D eigenvalue weighted by Gasteiger charge is 2.23. The summed E-state index contributed by atoms with van der Waals surface area (Å²) in [6, 6.07) is 9.46. The van der Waals surface area contributed by atoms with Gasteiger partial charge in [-0.2, -0.15) is 0 Å². The number of nitrogens with one attached hydrogen (secondary N) is 2. The first-order valence-electron chi connectivity index (χ1n) is 6.84. The molecular formula is C14H22N2O2S. The van der Waals surface area contributed by atoms with Crippen LogP contribution in [-0.4, -0.2) is 27.0 Å². The van der Waals surface area contributed by atoms with Gasteiger partial charge in [0.2, 0.25) is 10.0 Å². The van der Waals surface area contributed by atoms with Crippen molar-refractivity contribution < 1.29 is 8.42 Å². The predicted molar refractivity (Wildman–Crippen MR) is 77.3 cm³/mol. The molecule has 2 atom stereocenters. The van der Waals surface area contributed by atoms with Crippen molar-refractivity contribution in [2.45, 2.75) is 44.0 Å². The Morgan fingerprint density at radius 2 is 2.05 bits per heavy atom. The van der Waals surface area contributed by atoms with Gasteiger partial charge in [0.25, 0.3) is 0 Å². The monoisotopic (exact) mass is 282 g/mol. The second-order valence-corrected chi connectivity index (χ2v) is 6.96. The predicted octanol–water partition coefficient (Wildman–Crippen LogP) is 1.64. The van der Waals surface area contributed by atoms with Crippen LogP contribution >= 0.6 is 0 Å². The van der Waals surface area contributed by atoms with Crippen molar-refractivity contribution in [2.75, 3.05) is 6.54 Å². The molecule has 2 N–H and O–H groups in total. The highest BCUT2D eigenvalue weighted by molar-refractivity contribution is 7.88. The third kappa shape index (κ3) is 4.60. The summed E-state index contributed by atoms with van der Waals surface area (Å²) in [5.74, 6) is 0.0465. The first-order valence-corrected chi connectivity index (χ1v) is 8.49. The third-order valence-corrected chi connectivity index (χ3v) is 4.96. The molecule has 1 fully saturated rings. The van der Waals surface area contributed by atoms with E-state index in [1.165, 1.54) is 12.8 Å². The summed E-state index contributed by atoms with van der Waals surface area (Å²) in [6.07, 6.45) is 3.39. The lowest BCUT2D eigenvalue weighted by Gasteiger charge is -2.29. The van der Waals surface area contributed by atoms with Gasteiger partial charge in [0, 0.05) is 12.1 Å². The molecule has 1 aliphatic rings. The number of piperidine rings is 1. The van der Waals surface area contributed by atoms with Crippen LogP contribution in [0.5, 0.6) is 0 Å². The van der Waals surface area contributed by atoms with Gasteiger partial charge in [0.1, 0.15) is 0 Å². The highest BCUT2D eigenvalue weighted by atomic mass is 32.2. The molecule has 19 heavy (non-hydrogen) atoms. The van der Waals surface area contributed by atoms with Crippen molar-refractivity contribution in [3.63, 3.8) is 0 Å².